The van der Waals surface area contributed by atoms with Crippen molar-refractivity contribution in [1.29, 1.82) is 0 Å². The summed E-state index contributed by atoms with van der Waals surface area (Å²) in [5.41, 5.74) is -0.311. The molecule has 0 saturated carbocycles. The van der Waals surface area contributed by atoms with Crippen molar-refractivity contribution in [3.63, 3.8) is 0 Å². The van der Waals surface area contributed by atoms with Gasteiger partial charge in [-0.2, -0.15) is 5.10 Å². The monoisotopic (exact) mass is 309 g/mol. The number of likely N-dealkylation sites (tertiary alicyclic amines) is 1. The Balaban J connectivity index is 1.97. The summed E-state index contributed by atoms with van der Waals surface area (Å²) in [5, 5.41) is 13.1. The normalized spacial score (nSPS) is 19.6. The molecule has 0 aliphatic carbocycles. The zero-order valence-electron chi connectivity index (χ0n) is 13.3. The summed E-state index contributed by atoms with van der Waals surface area (Å²) in [6.07, 6.45) is 5.06. The molecular weight excluding hydrogens is 286 g/mol. The topological polar surface area (TPSA) is 84.7 Å². The Bertz CT molecular complexity index is 547. The third kappa shape index (κ3) is 4.22. The van der Waals surface area contributed by atoms with E-state index in [-0.39, 0.29) is 17.7 Å². The highest BCUT2D eigenvalue weighted by Crippen LogP contribution is 2.23. The SMILES string of the molecule is CC(C)(C)OC(=O)N1CCC[C@H](n2cc(C(=O)O)cn2)CC1. The van der Waals surface area contributed by atoms with Gasteiger partial charge in [0, 0.05) is 19.3 Å². The third-order valence-corrected chi connectivity index (χ3v) is 3.57. The number of carboxylic acids is 1. The van der Waals surface area contributed by atoms with E-state index >= 15 is 0 Å². The lowest BCUT2D eigenvalue weighted by Crippen LogP contribution is -2.37. The number of aromatic carboxylic acids is 1. The molecule has 7 nitrogen and oxygen atoms in total. The van der Waals surface area contributed by atoms with Gasteiger partial charge < -0.3 is 14.7 Å². The average molecular weight is 309 g/mol. The molecule has 1 atom stereocenters. The van der Waals surface area contributed by atoms with Crippen LogP contribution < -0.4 is 0 Å². The number of ether oxygens (including phenoxy) is 1. The summed E-state index contributed by atoms with van der Waals surface area (Å²) in [6.45, 7) is 6.79. The van der Waals surface area contributed by atoms with Crippen molar-refractivity contribution >= 4 is 12.1 Å². The first kappa shape index (κ1) is 16.3. The van der Waals surface area contributed by atoms with Crippen molar-refractivity contribution in [2.75, 3.05) is 13.1 Å². The largest absolute Gasteiger partial charge is 0.478 e. The van der Waals surface area contributed by atoms with Crippen LogP contribution in [0.5, 0.6) is 0 Å². The van der Waals surface area contributed by atoms with E-state index in [1.165, 1.54) is 6.20 Å². The first-order valence-electron chi connectivity index (χ1n) is 7.51. The van der Waals surface area contributed by atoms with Crippen molar-refractivity contribution in [2.24, 2.45) is 0 Å². The average Bonchev–Trinajstić information content (AvgIpc) is 2.75. The number of carbonyl (C=O) groups is 2. The van der Waals surface area contributed by atoms with Crippen LogP contribution in [0.2, 0.25) is 0 Å². The molecule has 2 heterocycles. The highest BCUT2D eigenvalue weighted by molar-refractivity contribution is 5.86. The molecule has 1 N–H and O–H groups in total. The Morgan fingerprint density at radius 1 is 1.32 bits per heavy atom. The molecule has 0 bridgehead atoms. The first-order chi connectivity index (χ1) is 10.3. The molecule has 0 unspecified atom stereocenters. The van der Waals surface area contributed by atoms with Gasteiger partial charge in [0.2, 0.25) is 0 Å². The van der Waals surface area contributed by atoms with Crippen LogP contribution in [-0.4, -0.2) is 50.5 Å². The molecular formula is C15H23N3O4. The van der Waals surface area contributed by atoms with E-state index < -0.39 is 11.6 Å². The molecule has 0 radical (unpaired) electrons. The van der Waals surface area contributed by atoms with Gasteiger partial charge in [-0.05, 0) is 40.0 Å². The molecule has 2 rings (SSSR count). The van der Waals surface area contributed by atoms with Crippen LogP contribution in [0.15, 0.2) is 12.4 Å². The lowest BCUT2D eigenvalue weighted by Gasteiger charge is -2.26. The Kier molecular flexibility index (Phi) is 4.73. The van der Waals surface area contributed by atoms with Gasteiger partial charge in [-0.3, -0.25) is 4.68 Å². The summed E-state index contributed by atoms with van der Waals surface area (Å²) in [5.74, 6) is -0.977. The second-order valence-electron chi connectivity index (χ2n) is 6.57. The van der Waals surface area contributed by atoms with Crippen LogP contribution in [0.4, 0.5) is 4.79 Å². The Labute approximate surface area is 129 Å². The molecule has 1 amide bonds. The summed E-state index contributed by atoms with van der Waals surface area (Å²) < 4.78 is 7.09. The number of nitrogens with zero attached hydrogens (tertiary/aromatic N) is 3. The van der Waals surface area contributed by atoms with Crippen LogP contribution >= 0.6 is 0 Å². The van der Waals surface area contributed by atoms with Crippen molar-refractivity contribution < 1.29 is 19.4 Å². The highest BCUT2D eigenvalue weighted by atomic mass is 16.6. The van der Waals surface area contributed by atoms with E-state index in [0.717, 1.165) is 19.3 Å². The molecule has 22 heavy (non-hydrogen) atoms. The van der Waals surface area contributed by atoms with E-state index in [1.807, 2.05) is 20.8 Å². The van der Waals surface area contributed by atoms with Crippen molar-refractivity contribution in [3.8, 4) is 0 Å². The fourth-order valence-electron chi connectivity index (χ4n) is 2.50. The van der Waals surface area contributed by atoms with E-state index in [2.05, 4.69) is 5.10 Å². The Hall–Kier alpha value is -2.05. The standard InChI is InChI=1S/C15H23N3O4/c1-15(2,3)22-14(21)17-7-4-5-12(6-8-17)18-10-11(9-16-18)13(19)20/h9-10,12H,4-8H2,1-3H3,(H,19,20)/t12-/m0/s1. The lowest BCUT2D eigenvalue weighted by molar-refractivity contribution is 0.0255. The second-order valence-corrected chi connectivity index (χ2v) is 6.57. The summed E-state index contributed by atoms with van der Waals surface area (Å²) >= 11 is 0. The maximum Gasteiger partial charge on any atom is 0.410 e. The zero-order chi connectivity index (χ0) is 16.3. The predicted molar refractivity (Wildman–Crippen MR) is 79.9 cm³/mol. The van der Waals surface area contributed by atoms with Crippen LogP contribution in [-0.2, 0) is 4.74 Å². The maximum absolute atomic E-state index is 12.1. The fraction of sp³-hybridized carbons (Fsp3) is 0.667. The van der Waals surface area contributed by atoms with Gasteiger partial charge in [-0.25, -0.2) is 9.59 Å². The molecule has 122 valence electrons. The van der Waals surface area contributed by atoms with Gasteiger partial charge >= 0.3 is 12.1 Å². The molecule has 1 aliphatic rings. The summed E-state index contributed by atoms with van der Waals surface area (Å²) in [7, 11) is 0. The van der Waals surface area contributed by atoms with Crippen LogP contribution in [0.3, 0.4) is 0 Å². The molecule has 1 fully saturated rings. The van der Waals surface area contributed by atoms with Crippen molar-refractivity contribution in [3.05, 3.63) is 18.0 Å². The lowest BCUT2D eigenvalue weighted by atomic mass is 10.1. The molecule has 1 aromatic heterocycles. The van der Waals surface area contributed by atoms with Crippen molar-refractivity contribution in [1.82, 2.24) is 14.7 Å². The molecule has 1 aromatic rings. The summed E-state index contributed by atoms with van der Waals surface area (Å²) in [6, 6.07) is 0.112. The number of carboxylic acid groups (broad SMARTS) is 1. The minimum atomic E-state index is -0.977. The van der Waals surface area contributed by atoms with Crippen molar-refractivity contribution in [2.45, 2.75) is 51.7 Å². The van der Waals surface area contributed by atoms with Gasteiger partial charge in [0.1, 0.15) is 5.60 Å². The maximum atomic E-state index is 12.1. The van der Waals surface area contributed by atoms with Crippen LogP contribution in [0, 0.1) is 0 Å². The van der Waals surface area contributed by atoms with Gasteiger partial charge in [-0.15, -0.1) is 0 Å². The zero-order valence-corrected chi connectivity index (χ0v) is 13.3. The minimum Gasteiger partial charge on any atom is -0.478 e. The van der Waals surface area contributed by atoms with Gasteiger partial charge in [0.25, 0.3) is 0 Å². The smallest absolute Gasteiger partial charge is 0.410 e. The number of amides is 1. The number of hydrogen-bond acceptors (Lipinski definition) is 4. The van der Waals surface area contributed by atoms with E-state index in [1.54, 1.807) is 15.8 Å². The van der Waals surface area contributed by atoms with Gasteiger partial charge in [-0.1, -0.05) is 0 Å². The number of hydrogen-bond donors (Lipinski definition) is 1. The quantitative estimate of drug-likeness (QED) is 0.907. The Morgan fingerprint density at radius 2 is 2.05 bits per heavy atom. The Morgan fingerprint density at radius 3 is 2.64 bits per heavy atom. The number of carbonyl (C=O) groups excluding carboxylic acids is 1. The van der Waals surface area contributed by atoms with E-state index in [4.69, 9.17) is 9.84 Å². The van der Waals surface area contributed by atoms with Gasteiger partial charge in [0.05, 0.1) is 17.8 Å². The minimum absolute atomic E-state index is 0.112. The van der Waals surface area contributed by atoms with Gasteiger partial charge in [0.15, 0.2) is 0 Å². The van der Waals surface area contributed by atoms with E-state index in [9.17, 15) is 9.59 Å². The predicted octanol–water partition coefficient (Wildman–Crippen LogP) is 2.54. The number of aromatic nitrogens is 2. The third-order valence-electron chi connectivity index (χ3n) is 3.57. The van der Waals surface area contributed by atoms with E-state index in [0.29, 0.717) is 13.1 Å². The fourth-order valence-corrected chi connectivity index (χ4v) is 2.50. The highest BCUT2D eigenvalue weighted by Gasteiger charge is 2.26. The van der Waals surface area contributed by atoms with Crippen LogP contribution in [0.25, 0.3) is 0 Å². The molecule has 1 saturated heterocycles. The summed E-state index contributed by atoms with van der Waals surface area (Å²) in [4.78, 5) is 24.7. The molecule has 1 aliphatic heterocycles. The first-order valence-corrected chi connectivity index (χ1v) is 7.51. The molecule has 0 aromatic carbocycles. The second kappa shape index (κ2) is 6.37. The molecule has 0 spiro atoms. The van der Waals surface area contributed by atoms with Crippen LogP contribution in [0.1, 0.15) is 56.4 Å². The number of rotatable bonds is 2. The molecule has 7 heteroatoms.